The third-order valence-corrected chi connectivity index (χ3v) is 6.07. The summed E-state index contributed by atoms with van der Waals surface area (Å²) in [5.74, 6) is -1.45. The molecule has 1 aromatic heterocycles. The van der Waals surface area contributed by atoms with Crippen LogP contribution < -0.4 is 4.90 Å². The van der Waals surface area contributed by atoms with E-state index in [9.17, 15) is 14.3 Å². The number of phenolic OH excluding ortho intramolecular Hbond substituents is 1. The number of aromatic nitrogens is 1. The van der Waals surface area contributed by atoms with Crippen molar-refractivity contribution in [1.82, 2.24) is 4.98 Å². The Bertz CT molecular complexity index is 1030. The van der Waals surface area contributed by atoms with Crippen molar-refractivity contribution < 1.29 is 14.3 Å². The number of benzene rings is 2. The third-order valence-electron chi connectivity index (χ3n) is 5.18. The van der Waals surface area contributed by atoms with Gasteiger partial charge in [0.15, 0.2) is 17.9 Å². The lowest BCUT2D eigenvalue weighted by atomic mass is 9.93. The van der Waals surface area contributed by atoms with E-state index in [1.165, 1.54) is 35.6 Å². The van der Waals surface area contributed by atoms with Gasteiger partial charge >= 0.3 is 0 Å². The van der Waals surface area contributed by atoms with Crippen LogP contribution in [0.4, 0.5) is 10.1 Å². The maximum Gasteiger partial charge on any atom is 0.166 e. The monoisotopic (exact) mass is 396 g/mol. The van der Waals surface area contributed by atoms with Gasteiger partial charge in [0, 0.05) is 35.3 Å². The third kappa shape index (κ3) is 3.52. The smallest absolute Gasteiger partial charge is 0.166 e. The van der Waals surface area contributed by atoms with Crippen LogP contribution in [-0.4, -0.2) is 29.5 Å². The van der Waals surface area contributed by atoms with E-state index in [4.69, 9.17) is 0 Å². The number of anilines is 1. The molecule has 0 aliphatic carbocycles. The molecule has 2 heterocycles. The summed E-state index contributed by atoms with van der Waals surface area (Å²) in [6.07, 6.45) is 1.63. The molecule has 1 N–H and O–H groups in total. The van der Waals surface area contributed by atoms with Gasteiger partial charge in [-0.2, -0.15) is 0 Å². The van der Waals surface area contributed by atoms with Crippen LogP contribution in [0.5, 0.6) is 5.75 Å². The summed E-state index contributed by atoms with van der Waals surface area (Å²) in [6, 6.07) is 11.0. The highest BCUT2D eigenvalue weighted by molar-refractivity contribution is 7.13. The molecule has 4 nitrogen and oxygen atoms in total. The van der Waals surface area contributed by atoms with Crippen LogP contribution in [0.25, 0.3) is 21.8 Å². The van der Waals surface area contributed by atoms with Gasteiger partial charge in [-0.3, -0.25) is 4.79 Å². The van der Waals surface area contributed by atoms with E-state index in [0.717, 1.165) is 24.3 Å². The van der Waals surface area contributed by atoms with E-state index in [1.807, 2.05) is 17.5 Å². The number of aldehydes is 1. The Balaban J connectivity index is 1.58. The summed E-state index contributed by atoms with van der Waals surface area (Å²) >= 11 is 1.37. The molecule has 0 saturated carbocycles. The van der Waals surface area contributed by atoms with Crippen molar-refractivity contribution in [2.75, 3.05) is 18.0 Å². The zero-order valence-electron chi connectivity index (χ0n) is 15.8. The topological polar surface area (TPSA) is 53.4 Å². The second-order valence-electron chi connectivity index (χ2n) is 7.93. The van der Waals surface area contributed by atoms with Crippen molar-refractivity contribution in [3.05, 3.63) is 53.2 Å². The Labute approximate surface area is 167 Å². The lowest BCUT2D eigenvalue weighted by molar-refractivity contribution is 0.112. The van der Waals surface area contributed by atoms with Crippen LogP contribution in [0.3, 0.4) is 0 Å². The van der Waals surface area contributed by atoms with Gasteiger partial charge < -0.3 is 10.0 Å². The highest BCUT2D eigenvalue weighted by Crippen LogP contribution is 2.35. The number of halogens is 1. The molecule has 144 valence electrons. The Hall–Kier alpha value is -2.73. The van der Waals surface area contributed by atoms with Crippen molar-refractivity contribution in [3.63, 3.8) is 0 Å². The van der Waals surface area contributed by atoms with Crippen LogP contribution in [0.2, 0.25) is 0 Å². The first-order valence-corrected chi connectivity index (χ1v) is 10.0. The fourth-order valence-corrected chi connectivity index (χ4v) is 4.37. The molecule has 0 atom stereocenters. The number of thiazole rings is 1. The molecular formula is C22H21FN2O2S. The summed E-state index contributed by atoms with van der Waals surface area (Å²) in [6.45, 7) is 6.71. The van der Waals surface area contributed by atoms with Crippen LogP contribution in [0, 0.1) is 11.2 Å². The van der Waals surface area contributed by atoms with E-state index in [2.05, 4.69) is 35.9 Å². The predicted molar refractivity (Wildman–Crippen MR) is 111 cm³/mol. The molecular weight excluding hydrogens is 375 g/mol. The van der Waals surface area contributed by atoms with Crippen LogP contribution >= 0.6 is 11.3 Å². The van der Waals surface area contributed by atoms with Crippen molar-refractivity contribution >= 4 is 23.3 Å². The maximum atomic E-state index is 13.9. The quantitative estimate of drug-likeness (QED) is 0.602. The summed E-state index contributed by atoms with van der Waals surface area (Å²) < 4.78 is 13.9. The normalized spacial score (nSPS) is 15.8. The van der Waals surface area contributed by atoms with Crippen molar-refractivity contribution in [1.29, 1.82) is 0 Å². The first-order chi connectivity index (χ1) is 13.4. The van der Waals surface area contributed by atoms with E-state index in [-0.39, 0.29) is 5.56 Å². The highest BCUT2D eigenvalue weighted by atomic mass is 32.1. The van der Waals surface area contributed by atoms with E-state index < -0.39 is 11.6 Å². The van der Waals surface area contributed by atoms with Gasteiger partial charge in [-0.1, -0.05) is 26.0 Å². The zero-order chi connectivity index (χ0) is 19.9. The standard InChI is InChI=1S/C22H21FN2O2S/c1-22(2)7-8-25(13-22)17-5-3-14(4-6-17)19-12-28-21(24-19)15-9-16(11-26)20(27)18(23)10-15/h3-6,9-12,27H,7-8,13H2,1-2H3. The van der Waals surface area contributed by atoms with Crippen molar-refractivity contribution in [2.45, 2.75) is 20.3 Å². The van der Waals surface area contributed by atoms with Gasteiger partial charge in [0.1, 0.15) is 5.01 Å². The molecule has 0 bridgehead atoms. The molecule has 0 amide bonds. The summed E-state index contributed by atoms with van der Waals surface area (Å²) in [4.78, 5) is 18.0. The van der Waals surface area contributed by atoms with Gasteiger partial charge in [0.25, 0.3) is 0 Å². The highest BCUT2D eigenvalue weighted by Gasteiger charge is 2.29. The van der Waals surface area contributed by atoms with E-state index in [1.54, 1.807) is 0 Å². The number of nitrogens with zero attached hydrogens (tertiary/aromatic N) is 2. The Morgan fingerprint density at radius 1 is 1.21 bits per heavy atom. The van der Waals surface area contributed by atoms with Crippen molar-refractivity contribution in [3.8, 4) is 27.6 Å². The predicted octanol–water partition coefficient (Wildman–Crippen LogP) is 5.37. The molecule has 0 radical (unpaired) electrons. The number of rotatable bonds is 4. The second kappa shape index (κ2) is 7.02. The zero-order valence-corrected chi connectivity index (χ0v) is 16.6. The number of hydrogen-bond acceptors (Lipinski definition) is 5. The number of aromatic hydroxyl groups is 1. The van der Waals surface area contributed by atoms with E-state index in [0.29, 0.717) is 22.3 Å². The molecule has 1 fully saturated rings. The minimum Gasteiger partial charge on any atom is -0.504 e. The minimum atomic E-state index is -0.825. The summed E-state index contributed by atoms with van der Waals surface area (Å²) in [5, 5.41) is 12.1. The molecule has 1 saturated heterocycles. The average Bonchev–Trinajstić information content (AvgIpc) is 3.31. The molecule has 2 aromatic carbocycles. The molecule has 1 aliphatic heterocycles. The van der Waals surface area contributed by atoms with Crippen molar-refractivity contribution in [2.24, 2.45) is 5.41 Å². The minimum absolute atomic E-state index is 0.0790. The lowest BCUT2D eigenvalue weighted by Gasteiger charge is -2.21. The number of carbonyl (C=O) groups excluding carboxylic acids is 1. The van der Waals surface area contributed by atoms with Crippen LogP contribution in [0.1, 0.15) is 30.6 Å². The molecule has 3 aromatic rings. The molecule has 0 spiro atoms. The van der Waals surface area contributed by atoms with Gasteiger partial charge in [-0.25, -0.2) is 9.37 Å². The molecule has 1 aliphatic rings. The lowest BCUT2D eigenvalue weighted by Crippen LogP contribution is -2.22. The average molecular weight is 396 g/mol. The largest absolute Gasteiger partial charge is 0.504 e. The van der Waals surface area contributed by atoms with Gasteiger partial charge in [-0.15, -0.1) is 11.3 Å². The SMILES string of the molecule is CC1(C)CCN(c2ccc(-c3csc(-c4cc(F)c(O)c(C=O)c4)n3)cc2)C1. The van der Waals surface area contributed by atoms with Crippen LogP contribution in [0.15, 0.2) is 41.8 Å². The van der Waals surface area contributed by atoms with Crippen LogP contribution in [-0.2, 0) is 0 Å². The maximum absolute atomic E-state index is 13.9. The number of phenols is 1. The molecule has 28 heavy (non-hydrogen) atoms. The van der Waals surface area contributed by atoms with Gasteiger partial charge in [0.2, 0.25) is 0 Å². The first kappa shape index (κ1) is 18.6. The number of carbonyl (C=O) groups is 1. The second-order valence-corrected chi connectivity index (χ2v) is 8.79. The van der Waals surface area contributed by atoms with Gasteiger partial charge in [-0.05, 0) is 36.1 Å². The Kier molecular flexibility index (Phi) is 4.67. The van der Waals surface area contributed by atoms with Gasteiger partial charge in [0.05, 0.1) is 11.3 Å². The molecule has 0 unspecified atom stereocenters. The summed E-state index contributed by atoms with van der Waals surface area (Å²) in [5.41, 5.74) is 3.74. The number of hydrogen-bond donors (Lipinski definition) is 1. The van der Waals surface area contributed by atoms with E-state index >= 15 is 0 Å². The Morgan fingerprint density at radius 2 is 1.96 bits per heavy atom. The fraction of sp³-hybridized carbons (Fsp3) is 0.273. The summed E-state index contributed by atoms with van der Waals surface area (Å²) in [7, 11) is 0. The Morgan fingerprint density at radius 3 is 2.61 bits per heavy atom. The first-order valence-electron chi connectivity index (χ1n) is 9.15. The molecule has 4 rings (SSSR count). The molecule has 6 heteroatoms. The fourth-order valence-electron chi connectivity index (χ4n) is 3.55.